The Morgan fingerprint density at radius 3 is 3.00 bits per heavy atom. The van der Waals surface area contributed by atoms with E-state index >= 15 is 0 Å². The predicted molar refractivity (Wildman–Crippen MR) is 105 cm³/mol. The average Bonchev–Trinajstić information content (AvgIpc) is 3.45. The molecule has 2 fully saturated rings. The SMILES string of the molecule is CC1CCN(C(=O)N2CCCC2CO)CC1c1ncc2cnc3[nH]ccc3n12. The number of carbonyl (C=O) groups excluding carboxylic acids is 1. The lowest BCUT2D eigenvalue weighted by Gasteiger charge is -2.39. The second-order valence-electron chi connectivity index (χ2n) is 8.12. The average molecular weight is 382 g/mol. The van der Waals surface area contributed by atoms with Crippen LogP contribution < -0.4 is 0 Å². The molecule has 3 atom stereocenters. The van der Waals surface area contributed by atoms with Crippen molar-refractivity contribution in [1.82, 2.24) is 29.2 Å². The van der Waals surface area contributed by atoms with E-state index in [-0.39, 0.29) is 24.6 Å². The number of likely N-dealkylation sites (tertiary alicyclic amines) is 2. The lowest BCUT2D eigenvalue weighted by atomic mass is 9.86. The van der Waals surface area contributed by atoms with Crippen LogP contribution >= 0.6 is 0 Å². The summed E-state index contributed by atoms with van der Waals surface area (Å²) < 4.78 is 2.17. The molecule has 2 aliphatic heterocycles. The van der Waals surface area contributed by atoms with E-state index in [1.165, 1.54) is 0 Å². The maximum atomic E-state index is 13.1. The van der Waals surface area contributed by atoms with Crippen LogP contribution in [-0.4, -0.2) is 72.6 Å². The van der Waals surface area contributed by atoms with Crippen LogP contribution in [-0.2, 0) is 0 Å². The van der Waals surface area contributed by atoms with Gasteiger partial charge in [0.2, 0.25) is 0 Å². The third-order valence-electron chi connectivity index (χ3n) is 6.48. The number of H-pyrrole nitrogens is 1. The number of carbonyl (C=O) groups is 1. The molecule has 8 heteroatoms. The second kappa shape index (κ2) is 6.77. The van der Waals surface area contributed by atoms with Gasteiger partial charge in [0.05, 0.1) is 36.1 Å². The van der Waals surface area contributed by atoms with Gasteiger partial charge in [-0.05, 0) is 31.2 Å². The lowest BCUT2D eigenvalue weighted by Crippen LogP contribution is -2.51. The van der Waals surface area contributed by atoms with Crippen molar-refractivity contribution >= 4 is 22.7 Å². The van der Waals surface area contributed by atoms with E-state index in [9.17, 15) is 9.90 Å². The first-order valence-corrected chi connectivity index (χ1v) is 10.1. The first kappa shape index (κ1) is 17.5. The number of fused-ring (bicyclic) bond motifs is 3. The molecule has 3 aromatic heterocycles. The van der Waals surface area contributed by atoms with Crippen molar-refractivity contribution in [3.8, 4) is 0 Å². The largest absolute Gasteiger partial charge is 0.394 e. The van der Waals surface area contributed by atoms with Crippen molar-refractivity contribution in [1.29, 1.82) is 0 Å². The molecule has 0 saturated carbocycles. The number of hydrogen-bond donors (Lipinski definition) is 2. The van der Waals surface area contributed by atoms with E-state index in [1.54, 1.807) is 0 Å². The van der Waals surface area contributed by atoms with Gasteiger partial charge in [0, 0.05) is 31.7 Å². The number of urea groups is 1. The molecule has 2 saturated heterocycles. The van der Waals surface area contributed by atoms with Gasteiger partial charge in [0.15, 0.2) is 5.65 Å². The van der Waals surface area contributed by atoms with Crippen LogP contribution in [0, 0.1) is 5.92 Å². The van der Waals surface area contributed by atoms with E-state index in [1.807, 2.05) is 34.5 Å². The van der Waals surface area contributed by atoms with E-state index in [0.717, 1.165) is 54.9 Å². The quantitative estimate of drug-likeness (QED) is 0.711. The van der Waals surface area contributed by atoms with E-state index in [0.29, 0.717) is 12.5 Å². The summed E-state index contributed by atoms with van der Waals surface area (Å²) in [4.78, 5) is 29.3. The Balaban J connectivity index is 1.47. The molecule has 2 amide bonds. The van der Waals surface area contributed by atoms with Gasteiger partial charge in [-0.25, -0.2) is 14.8 Å². The number of aromatic amines is 1. The molecule has 28 heavy (non-hydrogen) atoms. The highest BCUT2D eigenvalue weighted by molar-refractivity contribution is 5.76. The molecule has 0 spiro atoms. The zero-order valence-electron chi connectivity index (χ0n) is 16.1. The van der Waals surface area contributed by atoms with Crippen LogP contribution in [0.4, 0.5) is 4.79 Å². The monoisotopic (exact) mass is 382 g/mol. The summed E-state index contributed by atoms with van der Waals surface area (Å²) in [7, 11) is 0. The van der Waals surface area contributed by atoms with Crippen molar-refractivity contribution in [2.24, 2.45) is 5.92 Å². The van der Waals surface area contributed by atoms with Gasteiger partial charge in [0.25, 0.3) is 0 Å². The highest BCUT2D eigenvalue weighted by atomic mass is 16.3. The Bertz CT molecular complexity index is 1010. The summed E-state index contributed by atoms with van der Waals surface area (Å²) in [5.74, 6) is 1.59. The summed E-state index contributed by atoms with van der Waals surface area (Å²) in [6.45, 7) is 4.44. The number of aromatic nitrogens is 4. The van der Waals surface area contributed by atoms with Crippen molar-refractivity contribution in [3.05, 3.63) is 30.5 Å². The number of hydrogen-bond acceptors (Lipinski definition) is 4. The summed E-state index contributed by atoms with van der Waals surface area (Å²) in [5, 5.41) is 9.59. The van der Waals surface area contributed by atoms with Crippen LogP contribution in [0.2, 0.25) is 0 Å². The number of aliphatic hydroxyl groups is 1. The number of rotatable bonds is 2. The van der Waals surface area contributed by atoms with Crippen LogP contribution in [0.25, 0.3) is 16.7 Å². The number of nitrogens with zero attached hydrogens (tertiary/aromatic N) is 5. The molecule has 2 N–H and O–H groups in total. The molecule has 5 heterocycles. The summed E-state index contributed by atoms with van der Waals surface area (Å²) in [6, 6.07) is 2.04. The number of amides is 2. The van der Waals surface area contributed by atoms with E-state index in [2.05, 4.69) is 21.3 Å². The fourth-order valence-corrected chi connectivity index (χ4v) is 4.80. The zero-order valence-corrected chi connectivity index (χ0v) is 16.1. The molecule has 3 aromatic rings. The Kier molecular flexibility index (Phi) is 4.23. The van der Waals surface area contributed by atoms with Crippen LogP contribution in [0.15, 0.2) is 24.7 Å². The summed E-state index contributed by atoms with van der Waals surface area (Å²) >= 11 is 0. The van der Waals surface area contributed by atoms with Crippen LogP contribution in [0.1, 0.15) is 37.9 Å². The van der Waals surface area contributed by atoms with Crippen molar-refractivity contribution < 1.29 is 9.90 Å². The van der Waals surface area contributed by atoms with Gasteiger partial charge in [-0.1, -0.05) is 6.92 Å². The molecule has 5 rings (SSSR count). The standard InChI is InChI=1S/C20H26N6O2/c1-13-5-8-24(20(28)25-7-2-3-14(25)12-27)11-16(13)19-23-10-15-9-22-18-17(26(15)19)4-6-21-18/h4,6,9-10,13-14,16,21,27H,2-3,5,7-8,11-12H2,1H3. The first-order valence-electron chi connectivity index (χ1n) is 10.1. The summed E-state index contributed by atoms with van der Waals surface area (Å²) in [5.41, 5.74) is 2.82. The molecule has 148 valence electrons. The highest BCUT2D eigenvalue weighted by Crippen LogP contribution is 2.34. The maximum Gasteiger partial charge on any atom is 0.320 e. The normalized spacial score (nSPS) is 25.9. The van der Waals surface area contributed by atoms with Crippen LogP contribution in [0.5, 0.6) is 0 Å². The molecular formula is C20H26N6O2. The molecule has 0 aromatic carbocycles. The molecule has 2 aliphatic rings. The minimum absolute atomic E-state index is 0.0388. The lowest BCUT2D eigenvalue weighted by molar-refractivity contribution is 0.106. The smallest absolute Gasteiger partial charge is 0.320 e. The van der Waals surface area contributed by atoms with Crippen molar-refractivity contribution in [2.45, 2.75) is 38.1 Å². The fourth-order valence-electron chi connectivity index (χ4n) is 4.80. The fraction of sp³-hybridized carbons (Fsp3) is 0.550. The third kappa shape index (κ3) is 2.66. The minimum Gasteiger partial charge on any atom is -0.394 e. The van der Waals surface area contributed by atoms with Crippen LogP contribution in [0.3, 0.4) is 0 Å². The van der Waals surface area contributed by atoms with Gasteiger partial charge in [-0.3, -0.25) is 4.40 Å². The van der Waals surface area contributed by atoms with Gasteiger partial charge >= 0.3 is 6.03 Å². The molecule has 8 nitrogen and oxygen atoms in total. The molecule has 0 radical (unpaired) electrons. The Morgan fingerprint density at radius 2 is 2.14 bits per heavy atom. The van der Waals surface area contributed by atoms with Crippen molar-refractivity contribution in [3.63, 3.8) is 0 Å². The second-order valence-corrected chi connectivity index (χ2v) is 8.12. The van der Waals surface area contributed by atoms with Crippen molar-refractivity contribution in [2.75, 3.05) is 26.2 Å². The van der Waals surface area contributed by atoms with Gasteiger partial charge in [0.1, 0.15) is 5.82 Å². The third-order valence-corrected chi connectivity index (χ3v) is 6.48. The predicted octanol–water partition coefficient (Wildman–Crippen LogP) is 2.21. The first-order chi connectivity index (χ1) is 13.7. The van der Waals surface area contributed by atoms with E-state index < -0.39 is 0 Å². The Morgan fingerprint density at radius 1 is 1.29 bits per heavy atom. The topological polar surface area (TPSA) is 89.8 Å². The zero-order chi connectivity index (χ0) is 19.3. The molecular weight excluding hydrogens is 356 g/mol. The summed E-state index contributed by atoms with van der Waals surface area (Å²) in [6.07, 6.45) is 8.40. The molecule has 3 unspecified atom stereocenters. The molecule has 0 bridgehead atoms. The Labute approximate surface area is 163 Å². The minimum atomic E-state index is -0.0388. The number of aliphatic hydroxyl groups excluding tert-OH is 1. The van der Waals surface area contributed by atoms with Gasteiger partial charge < -0.3 is 19.9 Å². The Hall–Kier alpha value is -2.61. The number of piperidine rings is 1. The maximum absolute atomic E-state index is 13.1. The highest BCUT2D eigenvalue weighted by Gasteiger charge is 2.37. The number of nitrogens with one attached hydrogen (secondary N) is 1. The molecule has 0 aliphatic carbocycles. The number of imidazole rings is 1. The van der Waals surface area contributed by atoms with Gasteiger partial charge in [-0.2, -0.15) is 0 Å². The van der Waals surface area contributed by atoms with Gasteiger partial charge in [-0.15, -0.1) is 0 Å². The van der Waals surface area contributed by atoms with E-state index in [4.69, 9.17) is 4.98 Å².